The van der Waals surface area contributed by atoms with Gasteiger partial charge in [-0.15, -0.1) is 0 Å². The zero-order valence-electron chi connectivity index (χ0n) is 19.7. The van der Waals surface area contributed by atoms with Gasteiger partial charge in [-0.2, -0.15) is 4.98 Å². The third kappa shape index (κ3) is 4.36. The zero-order valence-corrected chi connectivity index (χ0v) is 19.7. The fourth-order valence-corrected chi connectivity index (χ4v) is 3.44. The van der Waals surface area contributed by atoms with Gasteiger partial charge in [-0.05, 0) is 47.4 Å². The number of fused-ring (bicyclic) bond motifs is 1. The fourth-order valence-electron chi connectivity index (χ4n) is 3.44. The molecule has 0 radical (unpaired) electrons. The summed E-state index contributed by atoms with van der Waals surface area (Å²) in [5, 5.41) is 4.56. The van der Waals surface area contributed by atoms with Gasteiger partial charge in [0.25, 0.3) is 5.89 Å². The number of carbonyl (C=O) groups is 1. The van der Waals surface area contributed by atoms with Crippen molar-refractivity contribution in [2.24, 2.45) is 0 Å². The van der Waals surface area contributed by atoms with Crippen molar-refractivity contribution in [3.8, 4) is 40.1 Å². The van der Waals surface area contributed by atoms with Crippen LogP contribution in [0, 0.1) is 0 Å². The van der Waals surface area contributed by atoms with Crippen LogP contribution < -0.4 is 19.8 Å². The van der Waals surface area contributed by atoms with Crippen LogP contribution in [0.4, 0.5) is 0 Å². The van der Waals surface area contributed by atoms with Gasteiger partial charge >= 0.3 is 11.6 Å². The summed E-state index contributed by atoms with van der Waals surface area (Å²) in [5.74, 6) is 0.980. The van der Waals surface area contributed by atoms with Crippen LogP contribution in [0.3, 0.4) is 0 Å². The molecule has 0 bridgehead atoms. The van der Waals surface area contributed by atoms with Gasteiger partial charge in [-0.1, -0.05) is 25.9 Å². The Morgan fingerprint density at radius 3 is 2.35 bits per heavy atom. The topological polar surface area (TPSA) is 114 Å². The van der Waals surface area contributed by atoms with E-state index in [0.717, 1.165) is 5.56 Å². The number of hydrogen-bond donors (Lipinski definition) is 0. The van der Waals surface area contributed by atoms with Gasteiger partial charge in [0.1, 0.15) is 5.56 Å². The maximum Gasteiger partial charge on any atom is 0.349 e. The average molecular weight is 464 g/mol. The lowest BCUT2D eigenvalue weighted by molar-refractivity contribution is -0.131. The average Bonchev–Trinajstić information content (AvgIpc) is 3.27. The molecule has 4 aromatic rings. The van der Waals surface area contributed by atoms with Gasteiger partial charge in [0.05, 0.1) is 14.2 Å². The second-order valence-corrected chi connectivity index (χ2v) is 8.68. The number of methoxy groups -OCH3 is 2. The molecule has 0 aliphatic rings. The number of benzene rings is 2. The van der Waals surface area contributed by atoms with Crippen molar-refractivity contribution in [3.63, 3.8) is 0 Å². The van der Waals surface area contributed by atoms with Crippen molar-refractivity contribution < 1.29 is 27.9 Å². The first-order valence-corrected chi connectivity index (χ1v) is 10.5. The molecule has 2 aromatic carbocycles. The van der Waals surface area contributed by atoms with E-state index in [1.54, 1.807) is 37.4 Å². The molecule has 9 nitrogen and oxygen atoms in total. The van der Waals surface area contributed by atoms with Crippen LogP contribution in [0.25, 0.3) is 33.8 Å². The summed E-state index contributed by atoms with van der Waals surface area (Å²) in [6.07, 6.45) is 0. The van der Waals surface area contributed by atoms with Gasteiger partial charge in [-0.25, -0.2) is 4.79 Å². The van der Waals surface area contributed by atoms with Crippen molar-refractivity contribution >= 4 is 16.9 Å². The summed E-state index contributed by atoms with van der Waals surface area (Å²) in [5.41, 5.74) is 0.817. The lowest BCUT2D eigenvalue weighted by Crippen LogP contribution is -2.13. The molecule has 0 N–H and O–H groups in total. The molecule has 0 amide bonds. The Hall–Kier alpha value is -4.14. The van der Waals surface area contributed by atoms with Gasteiger partial charge in [0, 0.05) is 17.9 Å². The van der Waals surface area contributed by atoms with Crippen LogP contribution in [0.5, 0.6) is 17.2 Å². The fraction of sp³-hybridized carbons (Fsp3) is 0.280. The number of hydrogen-bond acceptors (Lipinski definition) is 9. The molecule has 176 valence electrons. The SMILES string of the molecule is COc1ccc(-c2noc(-c3cc4cc(C(C)(C)C)cc(OC(C)=O)c4oc3=O)n2)cc1OC. The molecule has 0 saturated carbocycles. The minimum atomic E-state index is -0.702. The van der Waals surface area contributed by atoms with E-state index in [4.69, 9.17) is 23.2 Å². The summed E-state index contributed by atoms with van der Waals surface area (Å²) >= 11 is 0. The monoisotopic (exact) mass is 464 g/mol. The standard InChI is InChI=1S/C25H24N2O7/c1-13(28)32-20-12-16(25(2,3)4)9-15-10-17(24(29)33-21(15)20)23-26-22(27-34-23)14-7-8-18(30-5)19(11-14)31-6/h7-12H,1-6H3. The highest BCUT2D eigenvalue weighted by Crippen LogP contribution is 2.35. The summed E-state index contributed by atoms with van der Waals surface area (Å²) in [6, 6.07) is 10.3. The Balaban J connectivity index is 1.83. The van der Waals surface area contributed by atoms with E-state index < -0.39 is 11.6 Å². The molecule has 4 rings (SSSR count). The van der Waals surface area contributed by atoms with Crippen LogP contribution >= 0.6 is 0 Å². The summed E-state index contributed by atoms with van der Waals surface area (Å²) in [7, 11) is 3.07. The first-order valence-electron chi connectivity index (χ1n) is 10.5. The molecule has 2 heterocycles. The number of aromatic nitrogens is 2. The predicted molar refractivity (Wildman–Crippen MR) is 124 cm³/mol. The molecule has 0 aliphatic heterocycles. The van der Waals surface area contributed by atoms with E-state index in [1.165, 1.54) is 14.0 Å². The molecular weight excluding hydrogens is 440 g/mol. The van der Waals surface area contributed by atoms with Gasteiger partial charge in [0.2, 0.25) is 5.82 Å². The molecule has 0 saturated heterocycles. The molecule has 0 aliphatic carbocycles. The van der Waals surface area contributed by atoms with Crippen molar-refractivity contribution in [2.45, 2.75) is 33.1 Å². The molecule has 2 aromatic heterocycles. The third-order valence-electron chi connectivity index (χ3n) is 5.22. The highest BCUT2D eigenvalue weighted by Gasteiger charge is 2.22. The summed E-state index contributed by atoms with van der Waals surface area (Å²) < 4.78 is 26.8. The van der Waals surface area contributed by atoms with Gasteiger partial charge in [0.15, 0.2) is 22.8 Å². The van der Waals surface area contributed by atoms with Gasteiger partial charge < -0.3 is 23.2 Å². The third-order valence-corrected chi connectivity index (χ3v) is 5.22. The van der Waals surface area contributed by atoms with Crippen LogP contribution in [-0.2, 0) is 10.2 Å². The van der Waals surface area contributed by atoms with E-state index in [0.29, 0.717) is 22.4 Å². The maximum atomic E-state index is 12.8. The largest absolute Gasteiger partial charge is 0.493 e. The predicted octanol–water partition coefficient (Wildman–Crippen LogP) is 4.75. The van der Waals surface area contributed by atoms with Crippen molar-refractivity contribution in [2.75, 3.05) is 14.2 Å². The first kappa shape index (κ1) is 23.0. The second-order valence-electron chi connectivity index (χ2n) is 8.68. The number of carbonyl (C=O) groups excluding carboxylic acids is 1. The Morgan fingerprint density at radius 2 is 1.71 bits per heavy atom. The van der Waals surface area contributed by atoms with Crippen LogP contribution in [0.1, 0.15) is 33.3 Å². The molecular formula is C25H24N2O7. The van der Waals surface area contributed by atoms with Gasteiger partial charge in [-0.3, -0.25) is 4.79 Å². The summed E-state index contributed by atoms with van der Waals surface area (Å²) in [6.45, 7) is 7.37. The van der Waals surface area contributed by atoms with E-state index in [9.17, 15) is 9.59 Å². The van der Waals surface area contributed by atoms with Crippen LogP contribution in [0.2, 0.25) is 0 Å². The molecule has 0 unspecified atom stereocenters. The number of rotatable bonds is 5. The summed E-state index contributed by atoms with van der Waals surface area (Å²) in [4.78, 5) is 28.8. The lowest BCUT2D eigenvalue weighted by Gasteiger charge is -2.20. The quantitative estimate of drug-likeness (QED) is 0.234. The van der Waals surface area contributed by atoms with E-state index in [-0.39, 0.29) is 34.0 Å². The van der Waals surface area contributed by atoms with Crippen LogP contribution in [0.15, 0.2) is 50.1 Å². The van der Waals surface area contributed by atoms with E-state index in [1.807, 2.05) is 26.8 Å². The molecule has 0 atom stereocenters. The Kier molecular flexibility index (Phi) is 5.87. The van der Waals surface area contributed by atoms with Crippen molar-refractivity contribution in [1.82, 2.24) is 10.1 Å². The lowest BCUT2D eigenvalue weighted by atomic mass is 9.86. The Labute approximate surface area is 195 Å². The van der Waals surface area contributed by atoms with Crippen molar-refractivity contribution in [1.29, 1.82) is 0 Å². The highest BCUT2D eigenvalue weighted by atomic mass is 16.5. The Bertz CT molecular complexity index is 1440. The smallest absolute Gasteiger partial charge is 0.349 e. The normalized spacial score (nSPS) is 11.5. The first-order chi connectivity index (χ1) is 16.1. The second kappa shape index (κ2) is 8.66. The number of nitrogens with zero attached hydrogens (tertiary/aromatic N) is 2. The number of ether oxygens (including phenoxy) is 3. The Morgan fingerprint density at radius 1 is 0.971 bits per heavy atom. The minimum absolute atomic E-state index is 0.00404. The zero-order chi connectivity index (χ0) is 24.6. The molecule has 34 heavy (non-hydrogen) atoms. The van der Waals surface area contributed by atoms with E-state index >= 15 is 0 Å². The van der Waals surface area contributed by atoms with Crippen LogP contribution in [-0.4, -0.2) is 30.3 Å². The molecule has 9 heteroatoms. The van der Waals surface area contributed by atoms with Crippen molar-refractivity contribution in [3.05, 3.63) is 52.4 Å². The number of esters is 1. The minimum Gasteiger partial charge on any atom is -0.493 e. The maximum absolute atomic E-state index is 12.8. The molecule has 0 fully saturated rings. The van der Waals surface area contributed by atoms with E-state index in [2.05, 4.69) is 10.1 Å². The molecule has 0 spiro atoms. The highest BCUT2D eigenvalue weighted by molar-refractivity contribution is 5.88.